The number of aromatic nitrogens is 3. The van der Waals surface area contributed by atoms with E-state index in [0.29, 0.717) is 34.8 Å². The highest BCUT2D eigenvalue weighted by atomic mass is 35.5. The minimum atomic E-state index is -0.251. The number of halogens is 1. The van der Waals surface area contributed by atoms with E-state index in [4.69, 9.17) is 16.3 Å². The Hall–Kier alpha value is -2.90. The number of hydrogen-bond acceptors (Lipinski definition) is 5. The van der Waals surface area contributed by atoms with Gasteiger partial charge in [-0.15, -0.1) is 0 Å². The van der Waals surface area contributed by atoms with Crippen molar-refractivity contribution in [2.45, 2.75) is 18.9 Å². The summed E-state index contributed by atoms with van der Waals surface area (Å²) in [5, 5.41) is 3.46. The zero-order valence-corrected chi connectivity index (χ0v) is 17.8. The van der Waals surface area contributed by atoms with Gasteiger partial charge < -0.3 is 19.5 Å². The second kappa shape index (κ2) is 8.85. The lowest BCUT2D eigenvalue weighted by Crippen LogP contribution is -2.30. The summed E-state index contributed by atoms with van der Waals surface area (Å²) in [6.45, 7) is 1.71. The number of nitrogens with one attached hydrogen (secondary N) is 1. The summed E-state index contributed by atoms with van der Waals surface area (Å²) < 4.78 is 7.63. The number of amides is 1. The fourth-order valence-electron chi connectivity index (χ4n) is 3.53. The maximum atomic E-state index is 12.6. The van der Waals surface area contributed by atoms with Crippen LogP contribution < -0.4 is 10.1 Å². The molecule has 2 aromatic heterocycles. The Labute approximate surface area is 180 Å². The van der Waals surface area contributed by atoms with Crippen LogP contribution in [0.5, 0.6) is 5.88 Å². The molecule has 1 aliphatic rings. The Morgan fingerprint density at radius 1 is 1.27 bits per heavy atom. The number of imidazole rings is 1. The monoisotopic (exact) mass is 425 g/mol. The molecule has 3 aromatic rings. The van der Waals surface area contributed by atoms with Crippen molar-refractivity contribution in [2.24, 2.45) is 7.05 Å². The summed E-state index contributed by atoms with van der Waals surface area (Å²) in [5.41, 5.74) is 2.59. The molecule has 30 heavy (non-hydrogen) atoms. The van der Waals surface area contributed by atoms with Crippen LogP contribution in [0.15, 0.2) is 49.1 Å². The van der Waals surface area contributed by atoms with Gasteiger partial charge in [0, 0.05) is 42.8 Å². The molecule has 0 radical (unpaired) electrons. The van der Waals surface area contributed by atoms with E-state index in [2.05, 4.69) is 27.2 Å². The van der Waals surface area contributed by atoms with Gasteiger partial charge in [0.25, 0.3) is 5.91 Å². The molecule has 8 heteroatoms. The predicted octanol–water partition coefficient (Wildman–Crippen LogP) is 3.86. The Bertz CT molecular complexity index is 1030. The lowest BCUT2D eigenvalue weighted by molar-refractivity contribution is 0.102. The third-order valence-electron chi connectivity index (χ3n) is 5.30. The van der Waals surface area contributed by atoms with Crippen LogP contribution in [0.1, 0.15) is 23.2 Å². The third kappa shape index (κ3) is 4.63. The van der Waals surface area contributed by atoms with Crippen molar-refractivity contribution in [1.29, 1.82) is 0 Å². The number of benzene rings is 1. The molecule has 4 rings (SSSR count). The molecule has 1 aromatic carbocycles. The number of carbonyl (C=O) groups is 1. The van der Waals surface area contributed by atoms with E-state index in [1.165, 1.54) is 12.6 Å². The standard InChI is InChI=1S/C22H24ClN5O2/c1-27-12-20(25-14-27)18-10-16(6-7-19(18)23)26-22(29)15-5-8-21(24-11-15)30-13-17-4-3-9-28(17)2/h5-8,10-12,14,17H,3-4,9,13H2,1-2H3,(H,26,29)/t17-/m0/s1. The number of likely N-dealkylation sites (N-methyl/N-ethyl adjacent to an activating group) is 1. The maximum Gasteiger partial charge on any atom is 0.257 e. The first-order chi connectivity index (χ1) is 14.5. The third-order valence-corrected chi connectivity index (χ3v) is 5.63. The number of likely N-dealkylation sites (tertiary alicyclic amines) is 1. The number of anilines is 1. The lowest BCUT2D eigenvalue weighted by atomic mass is 10.1. The highest BCUT2D eigenvalue weighted by Gasteiger charge is 2.21. The molecule has 0 bridgehead atoms. The minimum Gasteiger partial charge on any atom is -0.476 e. The van der Waals surface area contributed by atoms with Gasteiger partial charge in [0.15, 0.2) is 0 Å². The highest BCUT2D eigenvalue weighted by molar-refractivity contribution is 6.33. The van der Waals surface area contributed by atoms with Gasteiger partial charge in [-0.05, 0) is 50.7 Å². The van der Waals surface area contributed by atoms with Gasteiger partial charge in [-0.25, -0.2) is 9.97 Å². The van der Waals surface area contributed by atoms with Crippen LogP contribution in [0.25, 0.3) is 11.3 Å². The number of hydrogen-bond donors (Lipinski definition) is 1. The number of nitrogens with zero attached hydrogens (tertiary/aromatic N) is 4. The first-order valence-corrected chi connectivity index (χ1v) is 10.3. The molecule has 156 valence electrons. The first-order valence-electron chi connectivity index (χ1n) is 9.88. The van der Waals surface area contributed by atoms with E-state index < -0.39 is 0 Å². The van der Waals surface area contributed by atoms with Crippen LogP contribution in [-0.4, -0.2) is 51.6 Å². The minimum absolute atomic E-state index is 0.251. The van der Waals surface area contributed by atoms with Gasteiger partial charge in [-0.1, -0.05) is 11.6 Å². The van der Waals surface area contributed by atoms with Gasteiger partial charge >= 0.3 is 0 Å². The average molecular weight is 426 g/mol. The summed E-state index contributed by atoms with van der Waals surface area (Å²) in [6.07, 6.45) is 7.44. The van der Waals surface area contributed by atoms with Crippen LogP contribution in [0, 0.1) is 0 Å². The van der Waals surface area contributed by atoms with Crippen molar-refractivity contribution >= 4 is 23.2 Å². The van der Waals surface area contributed by atoms with E-state index in [9.17, 15) is 4.79 Å². The van der Waals surface area contributed by atoms with E-state index in [1.54, 1.807) is 30.6 Å². The fraction of sp³-hybridized carbons (Fsp3) is 0.318. The number of aryl methyl sites for hydroxylation is 1. The SMILES string of the molecule is CN1CCC[C@H]1COc1ccc(C(=O)Nc2ccc(Cl)c(-c3cn(C)cn3)c2)cn1. The summed E-state index contributed by atoms with van der Waals surface area (Å²) in [4.78, 5) is 23.5. The van der Waals surface area contributed by atoms with Crippen molar-refractivity contribution in [3.63, 3.8) is 0 Å². The van der Waals surface area contributed by atoms with Crippen LogP contribution in [0.2, 0.25) is 5.02 Å². The topological polar surface area (TPSA) is 72.3 Å². The van der Waals surface area contributed by atoms with Crippen LogP contribution in [0.3, 0.4) is 0 Å². The van der Waals surface area contributed by atoms with E-state index >= 15 is 0 Å². The molecule has 1 aliphatic heterocycles. The fourth-order valence-corrected chi connectivity index (χ4v) is 3.74. The predicted molar refractivity (Wildman–Crippen MR) is 117 cm³/mol. The Balaban J connectivity index is 1.40. The molecule has 0 saturated carbocycles. The first kappa shape index (κ1) is 20.4. The number of pyridine rings is 1. The highest BCUT2D eigenvalue weighted by Crippen LogP contribution is 2.29. The van der Waals surface area contributed by atoms with Gasteiger partial charge in [-0.2, -0.15) is 0 Å². The van der Waals surface area contributed by atoms with Crippen molar-refractivity contribution < 1.29 is 9.53 Å². The van der Waals surface area contributed by atoms with E-state index in [1.807, 2.05) is 23.9 Å². The molecular formula is C22H24ClN5O2. The summed E-state index contributed by atoms with van der Waals surface area (Å²) >= 11 is 6.31. The van der Waals surface area contributed by atoms with Crippen molar-refractivity contribution in [3.8, 4) is 17.1 Å². The molecule has 0 spiro atoms. The molecule has 1 N–H and O–H groups in total. The quantitative estimate of drug-likeness (QED) is 0.649. The van der Waals surface area contributed by atoms with Crippen molar-refractivity contribution in [1.82, 2.24) is 19.4 Å². The zero-order chi connectivity index (χ0) is 21.1. The second-order valence-corrected chi connectivity index (χ2v) is 7.95. The largest absolute Gasteiger partial charge is 0.476 e. The molecule has 3 heterocycles. The lowest BCUT2D eigenvalue weighted by Gasteiger charge is -2.19. The van der Waals surface area contributed by atoms with Gasteiger partial charge in [0.2, 0.25) is 5.88 Å². The zero-order valence-electron chi connectivity index (χ0n) is 17.0. The molecular weight excluding hydrogens is 402 g/mol. The number of ether oxygens (including phenoxy) is 1. The van der Waals surface area contributed by atoms with Crippen molar-refractivity contribution in [2.75, 3.05) is 25.5 Å². The van der Waals surface area contributed by atoms with E-state index in [0.717, 1.165) is 24.2 Å². The summed E-state index contributed by atoms with van der Waals surface area (Å²) in [7, 11) is 4.00. The molecule has 1 atom stereocenters. The molecule has 1 fully saturated rings. The normalized spacial score (nSPS) is 16.6. The Morgan fingerprint density at radius 2 is 2.13 bits per heavy atom. The molecule has 7 nitrogen and oxygen atoms in total. The number of carbonyl (C=O) groups excluding carboxylic acids is 1. The smallest absolute Gasteiger partial charge is 0.257 e. The van der Waals surface area contributed by atoms with E-state index in [-0.39, 0.29) is 5.91 Å². The molecule has 0 aliphatic carbocycles. The van der Waals surface area contributed by atoms with Gasteiger partial charge in [0.05, 0.1) is 22.6 Å². The maximum absolute atomic E-state index is 12.6. The Kier molecular flexibility index (Phi) is 6.01. The molecule has 1 saturated heterocycles. The second-order valence-electron chi connectivity index (χ2n) is 7.55. The molecule has 0 unspecified atom stereocenters. The van der Waals surface area contributed by atoms with Crippen molar-refractivity contribution in [3.05, 3.63) is 59.6 Å². The summed E-state index contributed by atoms with van der Waals surface area (Å²) in [5.74, 6) is 0.273. The van der Waals surface area contributed by atoms with Crippen LogP contribution in [0.4, 0.5) is 5.69 Å². The van der Waals surface area contributed by atoms with Gasteiger partial charge in [0.1, 0.15) is 6.61 Å². The average Bonchev–Trinajstić information content (AvgIpc) is 3.36. The molecule has 1 amide bonds. The van der Waals surface area contributed by atoms with Crippen LogP contribution in [-0.2, 0) is 7.05 Å². The van der Waals surface area contributed by atoms with Crippen LogP contribution >= 0.6 is 11.6 Å². The van der Waals surface area contributed by atoms with Gasteiger partial charge in [-0.3, -0.25) is 4.79 Å². The Morgan fingerprint density at radius 3 is 2.80 bits per heavy atom. The summed E-state index contributed by atoms with van der Waals surface area (Å²) in [6, 6.07) is 9.18. The number of rotatable bonds is 6.